The van der Waals surface area contributed by atoms with Crippen LogP contribution in [0.25, 0.3) is 5.69 Å². The quantitative estimate of drug-likeness (QED) is 0.801. The van der Waals surface area contributed by atoms with Crippen molar-refractivity contribution in [3.8, 4) is 5.69 Å². The highest BCUT2D eigenvalue weighted by Crippen LogP contribution is 2.18. The first kappa shape index (κ1) is 12.6. The van der Waals surface area contributed by atoms with Gasteiger partial charge in [0.25, 0.3) is 0 Å². The van der Waals surface area contributed by atoms with Crippen LogP contribution in [0.3, 0.4) is 0 Å². The van der Waals surface area contributed by atoms with Crippen molar-refractivity contribution >= 4 is 17.6 Å². The second-order valence-corrected chi connectivity index (χ2v) is 4.19. The first-order valence-electron chi connectivity index (χ1n) is 5.61. The molecule has 1 aromatic carbocycles. The first-order chi connectivity index (χ1) is 8.63. The monoisotopic (exact) mass is 264 g/mol. The average Bonchev–Trinajstić information content (AvgIpc) is 2.71. The van der Waals surface area contributed by atoms with Crippen LogP contribution in [0.2, 0.25) is 5.02 Å². The van der Waals surface area contributed by atoms with E-state index in [9.17, 15) is 4.79 Å². The molecule has 0 unspecified atom stereocenters. The number of carbonyl (C=O) groups is 1. The molecule has 0 fully saturated rings. The van der Waals surface area contributed by atoms with Crippen molar-refractivity contribution in [2.45, 2.75) is 13.8 Å². The Hall–Kier alpha value is -1.81. The van der Waals surface area contributed by atoms with Crippen molar-refractivity contribution in [2.75, 3.05) is 6.61 Å². The number of hydrogen-bond donors (Lipinski definition) is 0. The lowest BCUT2D eigenvalue weighted by Gasteiger charge is -2.05. The van der Waals surface area contributed by atoms with Gasteiger partial charge in [-0.05, 0) is 32.0 Å². The highest BCUT2D eigenvalue weighted by Gasteiger charge is 2.15. The number of nitrogens with zero attached hydrogens (tertiary/aromatic N) is 2. The van der Waals surface area contributed by atoms with Crippen LogP contribution < -0.4 is 0 Å². The highest BCUT2D eigenvalue weighted by molar-refractivity contribution is 6.30. The summed E-state index contributed by atoms with van der Waals surface area (Å²) in [5, 5.41) is 4.81. The molecule has 5 heteroatoms. The Morgan fingerprint density at radius 2 is 2.28 bits per heavy atom. The lowest BCUT2D eigenvalue weighted by atomic mass is 10.2. The van der Waals surface area contributed by atoms with E-state index in [0.717, 1.165) is 11.4 Å². The van der Waals surface area contributed by atoms with Gasteiger partial charge in [0.15, 0.2) is 0 Å². The van der Waals surface area contributed by atoms with E-state index in [-0.39, 0.29) is 5.97 Å². The predicted octanol–water partition coefficient (Wildman–Crippen LogP) is 3.01. The van der Waals surface area contributed by atoms with Crippen LogP contribution in [0.15, 0.2) is 30.5 Å². The van der Waals surface area contributed by atoms with Crippen LogP contribution >= 0.6 is 11.6 Å². The van der Waals surface area contributed by atoms with Gasteiger partial charge in [-0.1, -0.05) is 17.7 Å². The molecule has 0 aliphatic heterocycles. The predicted molar refractivity (Wildman–Crippen MR) is 69.3 cm³/mol. The summed E-state index contributed by atoms with van der Waals surface area (Å²) < 4.78 is 6.63. The Balaban J connectivity index is 2.39. The molecule has 2 rings (SSSR count). The Bertz CT molecular complexity index is 578. The summed E-state index contributed by atoms with van der Waals surface area (Å²) in [5.74, 6) is -0.358. The van der Waals surface area contributed by atoms with Gasteiger partial charge < -0.3 is 4.74 Å². The maximum atomic E-state index is 11.7. The third-order valence-corrected chi connectivity index (χ3v) is 2.79. The van der Waals surface area contributed by atoms with E-state index in [2.05, 4.69) is 5.10 Å². The van der Waals surface area contributed by atoms with Crippen LogP contribution in [0.1, 0.15) is 23.0 Å². The molecule has 0 bridgehead atoms. The van der Waals surface area contributed by atoms with Gasteiger partial charge in [0.05, 0.1) is 24.2 Å². The van der Waals surface area contributed by atoms with Crippen molar-refractivity contribution in [3.63, 3.8) is 0 Å². The molecular weight excluding hydrogens is 252 g/mol. The van der Waals surface area contributed by atoms with E-state index in [1.807, 2.05) is 19.1 Å². The van der Waals surface area contributed by atoms with E-state index in [0.29, 0.717) is 17.2 Å². The van der Waals surface area contributed by atoms with Crippen molar-refractivity contribution in [1.29, 1.82) is 0 Å². The number of halogens is 1. The summed E-state index contributed by atoms with van der Waals surface area (Å²) in [7, 11) is 0. The van der Waals surface area contributed by atoms with E-state index < -0.39 is 0 Å². The zero-order valence-electron chi connectivity index (χ0n) is 10.2. The summed E-state index contributed by atoms with van der Waals surface area (Å²) in [6.07, 6.45) is 1.51. The molecule has 0 saturated heterocycles. The minimum atomic E-state index is -0.358. The summed E-state index contributed by atoms with van der Waals surface area (Å²) in [6, 6.07) is 7.29. The maximum absolute atomic E-state index is 11.7. The van der Waals surface area contributed by atoms with Crippen molar-refractivity contribution in [2.24, 2.45) is 0 Å². The molecule has 2 aromatic rings. The van der Waals surface area contributed by atoms with Gasteiger partial charge in [0, 0.05) is 5.02 Å². The van der Waals surface area contributed by atoms with Gasteiger partial charge in [-0.15, -0.1) is 0 Å². The Labute approximate surface area is 110 Å². The highest BCUT2D eigenvalue weighted by atomic mass is 35.5. The zero-order valence-corrected chi connectivity index (χ0v) is 10.9. The number of ether oxygens (including phenoxy) is 1. The molecule has 1 aromatic heterocycles. The molecule has 0 radical (unpaired) electrons. The molecule has 0 saturated carbocycles. The molecule has 0 amide bonds. The minimum Gasteiger partial charge on any atom is -0.462 e. The minimum absolute atomic E-state index is 0.348. The topological polar surface area (TPSA) is 44.1 Å². The Morgan fingerprint density at radius 1 is 1.50 bits per heavy atom. The van der Waals surface area contributed by atoms with Crippen LogP contribution in [0.5, 0.6) is 0 Å². The number of esters is 1. The Morgan fingerprint density at radius 3 is 2.94 bits per heavy atom. The molecule has 1 heterocycles. The van der Waals surface area contributed by atoms with Gasteiger partial charge in [0.1, 0.15) is 5.56 Å². The third-order valence-electron chi connectivity index (χ3n) is 2.56. The SMILES string of the molecule is CCOC(=O)c1cnn(-c2cccc(Cl)c2)c1C. The van der Waals surface area contributed by atoms with Gasteiger partial charge in [-0.2, -0.15) is 5.10 Å². The molecular formula is C13H13ClN2O2. The first-order valence-corrected chi connectivity index (χ1v) is 5.99. The molecule has 0 atom stereocenters. The second-order valence-electron chi connectivity index (χ2n) is 3.76. The summed E-state index contributed by atoms with van der Waals surface area (Å²) in [4.78, 5) is 11.7. The lowest BCUT2D eigenvalue weighted by Crippen LogP contribution is -2.06. The molecule has 4 nitrogen and oxygen atoms in total. The molecule has 0 aliphatic carbocycles. The maximum Gasteiger partial charge on any atom is 0.341 e. The number of aromatic nitrogens is 2. The number of hydrogen-bond acceptors (Lipinski definition) is 3. The van der Waals surface area contributed by atoms with Crippen LogP contribution in [0, 0.1) is 6.92 Å². The number of carbonyl (C=O) groups excluding carboxylic acids is 1. The smallest absolute Gasteiger partial charge is 0.341 e. The van der Waals surface area contributed by atoms with Crippen molar-refractivity contribution < 1.29 is 9.53 Å². The van der Waals surface area contributed by atoms with E-state index in [1.54, 1.807) is 23.7 Å². The van der Waals surface area contributed by atoms with Crippen LogP contribution in [0.4, 0.5) is 0 Å². The van der Waals surface area contributed by atoms with Gasteiger partial charge >= 0.3 is 5.97 Å². The normalized spacial score (nSPS) is 10.4. The molecule has 94 valence electrons. The Kier molecular flexibility index (Phi) is 3.67. The fraction of sp³-hybridized carbons (Fsp3) is 0.231. The van der Waals surface area contributed by atoms with E-state index >= 15 is 0 Å². The number of benzene rings is 1. The number of rotatable bonds is 3. The second kappa shape index (κ2) is 5.23. The van der Waals surface area contributed by atoms with E-state index in [4.69, 9.17) is 16.3 Å². The average molecular weight is 265 g/mol. The van der Waals surface area contributed by atoms with E-state index in [1.165, 1.54) is 6.20 Å². The van der Waals surface area contributed by atoms with Gasteiger partial charge in [0.2, 0.25) is 0 Å². The van der Waals surface area contributed by atoms with Crippen LogP contribution in [-0.2, 0) is 4.74 Å². The van der Waals surface area contributed by atoms with Crippen molar-refractivity contribution in [3.05, 3.63) is 46.7 Å². The summed E-state index contributed by atoms with van der Waals surface area (Å²) in [6.45, 7) is 3.94. The fourth-order valence-corrected chi connectivity index (χ4v) is 1.87. The van der Waals surface area contributed by atoms with Gasteiger partial charge in [-0.25, -0.2) is 9.48 Å². The third kappa shape index (κ3) is 2.38. The summed E-state index contributed by atoms with van der Waals surface area (Å²) >= 11 is 5.93. The molecule has 0 N–H and O–H groups in total. The standard InChI is InChI=1S/C13H13ClN2O2/c1-3-18-13(17)12-8-15-16(9(12)2)11-6-4-5-10(14)7-11/h4-8H,3H2,1-2H3. The lowest BCUT2D eigenvalue weighted by molar-refractivity contribution is 0.0525. The molecule has 0 aliphatic rings. The van der Waals surface area contributed by atoms with Crippen LogP contribution in [-0.4, -0.2) is 22.4 Å². The summed E-state index contributed by atoms with van der Waals surface area (Å²) in [5.41, 5.74) is 2.02. The van der Waals surface area contributed by atoms with Gasteiger partial charge in [-0.3, -0.25) is 0 Å². The van der Waals surface area contributed by atoms with Crippen molar-refractivity contribution in [1.82, 2.24) is 9.78 Å². The largest absolute Gasteiger partial charge is 0.462 e. The molecule has 0 spiro atoms. The zero-order chi connectivity index (χ0) is 13.1. The molecule has 18 heavy (non-hydrogen) atoms. The fourth-order valence-electron chi connectivity index (χ4n) is 1.69.